The third-order valence-electron chi connectivity index (χ3n) is 5.42. The maximum Gasteiger partial charge on any atom is 0.194 e. The van der Waals surface area contributed by atoms with Crippen LogP contribution in [0.4, 0.5) is 0 Å². The van der Waals surface area contributed by atoms with Gasteiger partial charge in [0, 0.05) is 36.7 Å². The van der Waals surface area contributed by atoms with Gasteiger partial charge in [-0.2, -0.15) is 5.10 Å². The second-order valence-electron chi connectivity index (χ2n) is 7.46. The Labute approximate surface area is 166 Å². The van der Waals surface area contributed by atoms with Crippen LogP contribution in [0.25, 0.3) is 11.4 Å². The van der Waals surface area contributed by atoms with Gasteiger partial charge in [0.1, 0.15) is 6.33 Å². The number of benzene rings is 1. The molecule has 0 radical (unpaired) electrons. The Balaban J connectivity index is 0.00000225. The van der Waals surface area contributed by atoms with Crippen molar-refractivity contribution in [3.8, 4) is 11.4 Å². The molecular weight excluding hydrogens is 427 g/mol. The maximum atomic E-state index is 4.46. The zero-order chi connectivity index (χ0) is 17.4. The van der Waals surface area contributed by atoms with Crippen LogP contribution in [0.15, 0.2) is 35.6 Å². The Bertz CT molecular complexity index is 736. The van der Waals surface area contributed by atoms with E-state index in [-0.39, 0.29) is 34.9 Å². The summed E-state index contributed by atoms with van der Waals surface area (Å²) in [6, 6.07) is 8.28. The van der Waals surface area contributed by atoms with Gasteiger partial charge in [-0.05, 0) is 25.5 Å². The van der Waals surface area contributed by atoms with Crippen molar-refractivity contribution in [2.45, 2.75) is 39.8 Å². The Morgan fingerprint density at radius 3 is 2.64 bits per heavy atom. The molecule has 3 rings (SSSR count). The van der Waals surface area contributed by atoms with Crippen LogP contribution >= 0.6 is 24.0 Å². The molecule has 2 heterocycles. The van der Waals surface area contributed by atoms with Gasteiger partial charge in [0.2, 0.25) is 0 Å². The van der Waals surface area contributed by atoms with Gasteiger partial charge in [0.05, 0.1) is 0 Å². The molecule has 1 aliphatic rings. The highest BCUT2D eigenvalue weighted by Gasteiger charge is 2.53. The van der Waals surface area contributed by atoms with E-state index in [1.165, 1.54) is 11.9 Å². The lowest BCUT2D eigenvalue weighted by Crippen LogP contribution is -2.72. The minimum Gasteiger partial charge on any atom is -0.352 e. The van der Waals surface area contributed by atoms with Gasteiger partial charge in [-0.25, -0.2) is 4.98 Å². The number of nitrogens with zero attached hydrogens (tertiary/aromatic N) is 4. The van der Waals surface area contributed by atoms with E-state index in [1.807, 2.05) is 19.2 Å². The Hall–Kier alpha value is -1.64. The predicted molar refractivity (Wildman–Crippen MR) is 112 cm³/mol. The summed E-state index contributed by atoms with van der Waals surface area (Å²) in [7, 11) is 1.84. The van der Waals surface area contributed by atoms with E-state index < -0.39 is 0 Å². The first-order chi connectivity index (χ1) is 11.3. The zero-order valence-corrected chi connectivity index (χ0v) is 17.8. The van der Waals surface area contributed by atoms with Gasteiger partial charge in [-0.1, -0.05) is 32.0 Å². The summed E-state index contributed by atoms with van der Waals surface area (Å²) in [6.07, 6.45) is 1.52. The molecule has 1 saturated heterocycles. The van der Waals surface area contributed by atoms with E-state index in [0.717, 1.165) is 30.4 Å². The molecule has 7 heteroatoms. The summed E-state index contributed by atoms with van der Waals surface area (Å²) in [5.74, 6) is 1.73. The highest BCUT2D eigenvalue weighted by atomic mass is 127. The van der Waals surface area contributed by atoms with Gasteiger partial charge >= 0.3 is 0 Å². The number of aromatic amines is 1. The average molecular weight is 454 g/mol. The van der Waals surface area contributed by atoms with E-state index >= 15 is 0 Å². The van der Waals surface area contributed by atoms with Crippen molar-refractivity contribution < 1.29 is 0 Å². The third kappa shape index (κ3) is 3.65. The lowest BCUT2D eigenvalue weighted by Gasteiger charge is -2.62. The Morgan fingerprint density at radius 2 is 2.08 bits per heavy atom. The molecule has 0 atom stereocenters. The smallest absolute Gasteiger partial charge is 0.194 e. The summed E-state index contributed by atoms with van der Waals surface area (Å²) in [6.45, 7) is 10.9. The number of aliphatic imine (C=N–C) groups is 1. The van der Waals surface area contributed by atoms with Gasteiger partial charge in [-0.3, -0.25) is 10.1 Å². The van der Waals surface area contributed by atoms with Crippen LogP contribution < -0.4 is 5.32 Å². The van der Waals surface area contributed by atoms with Crippen molar-refractivity contribution in [3.63, 3.8) is 0 Å². The van der Waals surface area contributed by atoms with E-state index in [0.29, 0.717) is 0 Å². The summed E-state index contributed by atoms with van der Waals surface area (Å²) in [4.78, 5) is 11.0. The average Bonchev–Trinajstić information content (AvgIpc) is 3.09. The standard InChI is InChI=1S/C18H26N6.HI/c1-17(2)11-24(18(17,3)4)16(19-5)20-10-13-7-6-8-14(9-13)15-21-12-22-23-15;/h6-9,12H,10-11H2,1-5H3,(H,19,20)(H,21,22,23);1H. The molecule has 0 spiro atoms. The molecule has 1 aromatic heterocycles. The van der Waals surface area contributed by atoms with Crippen LogP contribution in [0.5, 0.6) is 0 Å². The zero-order valence-electron chi connectivity index (χ0n) is 15.5. The first kappa shape index (κ1) is 19.7. The van der Waals surface area contributed by atoms with Crippen LogP contribution in [0.3, 0.4) is 0 Å². The van der Waals surface area contributed by atoms with E-state index in [9.17, 15) is 0 Å². The molecule has 2 N–H and O–H groups in total. The SMILES string of the molecule is CN=C(NCc1cccc(-c2ncn[nH]2)c1)N1CC(C)(C)C1(C)C.I. The molecule has 0 saturated carbocycles. The minimum absolute atomic E-state index is 0. The van der Waals surface area contributed by atoms with Gasteiger partial charge in [-0.15, -0.1) is 24.0 Å². The molecule has 0 amide bonds. The van der Waals surface area contributed by atoms with Crippen molar-refractivity contribution in [1.29, 1.82) is 0 Å². The van der Waals surface area contributed by atoms with Crippen LogP contribution in [0.1, 0.15) is 33.3 Å². The van der Waals surface area contributed by atoms with Crippen LogP contribution in [0, 0.1) is 5.41 Å². The highest BCUT2D eigenvalue weighted by Crippen LogP contribution is 2.46. The summed E-state index contributed by atoms with van der Waals surface area (Å²) >= 11 is 0. The summed E-state index contributed by atoms with van der Waals surface area (Å²) < 4.78 is 0. The molecule has 25 heavy (non-hydrogen) atoms. The molecule has 0 aliphatic carbocycles. The van der Waals surface area contributed by atoms with Crippen LogP contribution in [-0.2, 0) is 6.54 Å². The minimum atomic E-state index is 0. The number of likely N-dealkylation sites (tertiary alicyclic amines) is 1. The summed E-state index contributed by atoms with van der Waals surface area (Å²) in [5, 5.41) is 10.3. The van der Waals surface area contributed by atoms with E-state index in [4.69, 9.17) is 0 Å². The number of halogens is 1. The fourth-order valence-corrected chi connectivity index (χ4v) is 3.05. The Morgan fingerprint density at radius 1 is 1.32 bits per heavy atom. The molecule has 1 aromatic carbocycles. The van der Waals surface area contributed by atoms with Crippen molar-refractivity contribution in [3.05, 3.63) is 36.2 Å². The number of hydrogen-bond donors (Lipinski definition) is 2. The second-order valence-corrected chi connectivity index (χ2v) is 7.46. The quantitative estimate of drug-likeness (QED) is 0.425. The first-order valence-electron chi connectivity index (χ1n) is 8.28. The van der Waals surface area contributed by atoms with E-state index in [1.54, 1.807) is 0 Å². The molecule has 2 aromatic rings. The number of guanidine groups is 1. The van der Waals surface area contributed by atoms with Crippen molar-refractivity contribution in [1.82, 2.24) is 25.4 Å². The molecule has 0 bridgehead atoms. The highest BCUT2D eigenvalue weighted by molar-refractivity contribution is 14.0. The van der Waals surface area contributed by atoms with Crippen molar-refractivity contribution >= 4 is 29.9 Å². The summed E-state index contributed by atoms with van der Waals surface area (Å²) in [5.41, 5.74) is 2.60. The van der Waals surface area contributed by atoms with Gasteiger partial charge in [0.15, 0.2) is 11.8 Å². The van der Waals surface area contributed by atoms with Gasteiger partial charge < -0.3 is 10.2 Å². The largest absolute Gasteiger partial charge is 0.352 e. The van der Waals surface area contributed by atoms with Crippen molar-refractivity contribution in [2.24, 2.45) is 10.4 Å². The predicted octanol–water partition coefficient (Wildman–Crippen LogP) is 3.29. The number of nitrogens with one attached hydrogen (secondary N) is 2. The first-order valence-corrected chi connectivity index (χ1v) is 8.28. The lowest BCUT2D eigenvalue weighted by atomic mass is 9.65. The fourth-order valence-electron chi connectivity index (χ4n) is 3.05. The fraction of sp³-hybridized carbons (Fsp3) is 0.500. The third-order valence-corrected chi connectivity index (χ3v) is 5.42. The van der Waals surface area contributed by atoms with Gasteiger partial charge in [0.25, 0.3) is 0 Å². The normalized spacial score (nSPS) is 18.3. The number of aromatic nitrogens is 3. The maximum absolute atomic E-state index is 4.46. The van der Waals surface area contributed by atoms with Crippen LogP contribution in [0.2, 0.25) is 0 Å². The monoisotopic (exact) mass is 454 g/mol. The molecular formula is C18H27IN6. The van der Waals surface area contributed by atoms with Crippen molar-refractivity contribution in [2.75, 3.05) is 13.6 Å². The molecule has 6 nitrogen and oxygen atoms in total. The topological polar surface area (TPSA) is 69.2 Å². The lowest BCUT2D eigenvalue weighted by molar-refractivity contribution is -0.0667. The molecule has 1 fully saturated rings. The molecule has 136 valence electrons. The van der Waals surface area contributed by atoms with E-state index in [2.05, 4.69) is 70.2 Å². The number of H-pyrrole nitrogens is 1. The second kappa shape index (κ2) is 7.31. The van der Waals surface area contributed by atoms with Crippen LogP contribution in [-0.4, -0.2) is 45.2 Å². The number of hydrogen-bond acceptors (Lipinski definition) is 3. The number of rotatable bonds is 3. The molecule has 0 unspecified atom stereocenters. The molecule has 1 aliphatic heterocycles. The Kier molecular flexibility index (Phi) is 5.75.